The molecule has 0 bridgehead atoms. The molecule has 2 rings (SSSR count). The van der Waals surface area contributed by atoms with Gasteiger partial charge in [-0.25, -0.2) is 4.98 Å². The molecule has 126 valence electrons. The van der Waals surface area contributed by atoms with E-state index in [-0.39, 0.29) is 11.5 Å². The molecular weight excluding hydrogens is 294 g/mol. The van der Waals surface area contributed by atoms with Crippen LogP contribution in [0.2, 0.25) is 0 Å². The zero-order valence-electron chi connectivity index (χ0n) is 14.4. The molecule has 1 aromatic heterocycles. The summed E-state index contributed by atoms with van der Waals surface area (Å²) in [4.78, 5) is 8.24. The number of β-amino-alcohol motifs (C(OH)–C–C–N with tert-alkyl or cyclic N) is 1. The molecule has 1 saturated heterocycles. The minimum atomic E-state index is -0.210. The molecule has 1 aliphatic heterocycles. The van der Waals surface area contributed by atoms with Gasteiger partial charge in [0.15, 0.2) is 0 Å². The van der Waals surface area contributed by atoms with Crippen LogP contribution in [0.5, 0.6) is 0 Å². The molecule has 0 aliphatic carbocycles. The van der Waals surface area contributed by atoms with Gasteiger partial charge in [0.1, 0.15) is 0 Å². The summed E-state index contributed by atoms with van der Waals surface area (Å²) in [6, 6.07) is 0. The highest BCUT2D eigenvalue weighted by Gasteiger charge is 2.20. The van der Waals surface area contributed by atoms with Gasteiger partial charge in [0, 0.05) is 29.6 Å². The normalized spacial score (nSPS) is 19.5. The van der Waals surface area contributed by atoms with Gasteiger partial charge in [-0.3, -0.25) is 0 Å². The predicted molar refractivity (Wildman–Crippen MR) is 93.4 cm³/mol. The van der Waals surface area contributed by atoms with Gasteiger partial charge >= 0.3 is 0 Å². The van der Waals surface area contributed by atoms with E-state index in [1.54, 1.807) is 0 Å². The van der Waals surface area contributed by atoms with Gasteiger partial charge < -0.3 is 15.3 Å². The molecule has 0 spiro atoms. The molecule has 2 heterocycles. The summed E-state index contributed by atoms with van der Waals surface area (Å²) in [7, 11) is 0. The number of likely N-dealkylation sites (tertiary alicyclic amines) is 1. The number of nitrogens with one attached hydrogen (secondary N) is 1. The maximum atomic E-state index is 9.44. The monoisotopic (exact) mass is 325 g/mol. The van der Waals surface area contributed by atoms with Gasteiger partial charge in [0.2, 0.25) is 0 Å². The molecule has 22 heavy (non-hydrogen) atoms. The second-order valence-electron chi connectivity index (χ2n) is 7.61. The largest absolute Gasteiger partial charge is 0.392 e. The average molecular weight is 326 g/mol. The number of hydrogen-bond acceptors (Lipinski definition) is 5. The number of thiazole rings is 1. The topological polar surface area (TPSA) is 48.4 Å². The standard InChI is InChI=1S/C17H31N3OS/c1-13(21)12-20-7-5-14(6-8-20)9-18-10-15-11-19-16(22-15)17(2,3)4/h11,13-14,18,21H,5-10,12H2,1-4H3. The second-order valence-corrected chi connectivity index (χ2v) is 8.72. The first-order valence-electron chi connectivity index (χ1n) is 8.41. The van der Waals surface area contributed by atoms with Crippen molar-refractivity contribution >= 4 is 11.3 Å². The minimum absolute atomic E-state index is 0.152. The van der Waals surface area contributed by atoms with Crippen LogP contribution in [0.15, 0.2) is 6.20 Å². The summed E-state index contributed by atoms with van der Waals surface area (Å²) in [5.41, 5.74) is 0.152. The smallest absolute Gasteiger partial charge is 0.0981 e. The molecule has 2 N–H and O–H groups in total. The maximum absolute atomic E-state index is 9.44. The number of piperidine rings is 1. The van der Waals surface area contributed by atoms with Gasteiger partial charge in [-0.2, -0.15) is 0 Å². The van der Waals surface area contributed by atoms with E-state index in [2.05, 4.69) is 36.0 Å². The van der Waals surface area contributed by atoms with Crippen molar-refractivity contribution in [3.8, 4) is 0 Å². The summed E-state index contributed by atoms with van der Waals surface area (Å²) in [5.74, 6) is 0.764. The first kappa shape index (κ1) is 17.9. The Hall–Kier alpha value is -0.490. The summed E-state index contributed by atoms with van der Waals surface area (Å²) < 4.78 is 0. The van der Waals surface area contributed by atoms with Crippen molar-refractivity contribution in [2.75, 3.05) is 26.2 Å². The summed E-state index contributed by atoms with van der Waals surface area (Å²) in [6.45, 7) is 13.6. The predicted octanol–water partition coefficient (Wildman–Crippen LogP) is 2.62. The first-order chi connectivity index (χ1) is 10.3. The molecule has 1 atom stereocenters. The number of nitrogens with zero attached hydrogens (tertiary/aromatic N) is 2. The highest BCUT2D eigenvalue weighted by atomic mass is 32.1. The number of aliphatic hydroxyl groups is 1. The van der Waals surface area contributed by atoms with Gasteiger partial charge in [-0.05, 0) is 45.3 Å². The summed E-state index contributed by atoms with van der Waals surface area (Å²) >= 11 is 1.82. The molecule has 1 aliphatic rings. The highest BCUT2D eigenvalue weighted by Crippen LogP contribution is 2.26. The van der Waals surface area contributed by atoms with Gasteiger partial charge in [-0.15, -0.1) is 11.3 Å². The van der Waals surface area contributed by atoms with E-state index in [9.17, 15) is 5.11 Å². The van der Waals surface area contributed by atoms with Crippen molar-refractivity contribution in [3.63, 3.8) is 0 Å². The van der Waals surface area contributed by atoms with Crippen LogP contribution in [0, 0.1) is 5.92 Å². The van der Waals surface area contributed by atoms with Crippen LogP contribution in [0.4, 0.5) is 0 Å². The molecule has 0 radical (unpaired) electrons. The Kier molecular flexibility index (Phi) is 6.38. The third kappa shape index (κ3) is 5.61. The molecule has 1 aromatic rings. The molecule has 4 nitrogen and oxygen atoms in total. The van der Waals surface area contributed by atoms with E-state index < -0.39 is 0 Å². The van der Waals surface area contributed by atoms with E-state index >= 15 is 0 Å². The zero-order valence-corrected chi connectivity index (χ0v) is 15.2. The summed E-state index contributed by atoms with van der Waals surface area (Å²) in [6.07, 6.45) is 4.27. The minimum Gasteiger partial charge on any atom is -0.392 e. The Bertz CT molecular complexity index is 445. The van der Waals surface area contributed by atoms with Crippen molar-refractivity contribution in [3.05, 3.63) is 16.1 Å². The molecule has 0 saturated carbocycles. The Labute approximate surface area is 138 Å². The van der Waals surface area contributed by atoms with Crippen LogP contribution in [-0.4, -0.2) is 47.3 Å². The molecule has 0 amide bonds. The lowest BCUT2D eigenvalue weighted by molar-refractivity contribution is 0.0998. The van der Waals surface area contributed by atoms with E-state index in [1.165, 1.54) is 22.7 Å². The second kappa shape index (κ2) is 7.86. The van der Waals surface area contributed by atoms with Gasteiger partial charge in [0.25, 0.3) is 0 Å². The molecule has 5 heteroatoms. The third-order valence-electron chi connectivity index (χ3n) is 4.16. The number of hydrogen-bond donors (Lipinski definition) is 2. The summed E-state index contributed by atoms with van der Waals surface area (Å²) in [5, 5.41) is 14.3. The van der Waals surface area contributed by atoms with E-state index in [0.717, 1.165) is 38.6 Å². The lowest BCUT2D eigenvalue weighted by Gasteiger charge is -2.32. The zero-order chi connectivity index (χ0) is 16.2. The van der Waals surface area contributed by atoms with Crippen molar-refractivity contribution in [1.29, 1.82) is 0 Å². The number of rotatable bonds is 6. The van der Waals surface area contributed by atoms with Crippen molar-refractivity contribution in [1.82, 2.24) is 15.2 Å². The van der Waals surface area contributed by atoms with Crippen LogP contribution < -0.4 is 5.32 Å². The molecule has 0 aromatic carbocycles. The van der Waals surface area contributed by atoms with Crippen LogP contribution in [0.1, 0.15) is 50.4 Å². The Morgan fingerprint density at radius 1 is 1.41 bits per heavy atom. The van der Waals surface area contributed by atoms with E-state index in [0.29, 0.717) is 0 Å². The first-order valence-corrected chi connectivity index (χ1v) is 9.22. The average Bonchev–Trinajstić information content (AvgIpc) is 2.89. The Morgan fingerprint density at radius 3 is 2.64 bits per heavy atom. The third-order valence-corrected chi connectivity index (χ3v) is 5.58. The fraction of sp³-hybridized carbons (Fsp3) is 0.824. The fourth-order valence-corrected chi connectivity index (χ4v) is 3.82. The van der Waals surface area contributed by atoms with Crippen LogP contribution in [0.3, 0.4) is 0 Å². The quantitative estimate of drug-likeness (QED) is 0.844. The van der Waals surface area contributed by atoms with E-state index in [4.69, 9.17) is 0 Å². The van der Waals surface area contributed by atoms with Crippen molar-refractivity contribution in [2.45, 2.75) is 58.6 Å². The lowest BCUT2D eigenvalue weighted by Crippen LogP contribution is -2.40. The van der Waals surface area contributed by atoms with Crippen LogP contribution in [-0.2, 0) is 12.0 Å². The highest BCUT2D eigenvalue weighted by molar-refractivity contribution is 7.11. The number of aliphatic hydroxyl groups excluding tert-OH is 1. The van der Waals surface area contributed by atoms with Crippen LogP contribution in [0.25, 0.3) is 0 Å². The van der Waals surface area contributed by atoms with Crippen molar-refractivity contribution < 1.29 is 5.11 Å². The molecule has 1 fully saturated rings. The van der Waals surface area contributed by atoms with Gasteiger partial charge in [0.05, 0.1) is 11.1 Å². The molecule has 1 unspecified atom stereocenters. The van der Waals surface area contributed by atoms with E-state index in [1.807, 2.05) is 24.5 Å². The Morgan fingerprint density at radius 2 is 2.09 bits per heavy atom. The maximum Gasteiger partial charge on any atom is 0.0981 e. The Balaban J connectivity index is 1.66. The molecular formula is C17H31N3OS. The van der Waals surface area contributed by atoms with Crippen molar-refractivity contribution in [2.24, 2.45) is 5.92 Å². The SMILES string of the molecule is CC(O)CN1CCC(CNCc2cnc(C(C)(C)C)s2)CC1. The van der Waals surface area contributed by atoms with Crippen LogP contribution >= 0.6 is 11.3 Å². The lowest BCUT2D eigenvalue weighted by atomic mass is 9.96. The number of aromatic nitrogens is 1. The fourth-order valence-electron chi connectivity index (χ4n) is 2.88. The van der Waals surface area contributed by atoms with Gasteiger partial charge in [-0.1, -0.05) is 20.8 Å².